The first kappa shape index (κ1) is 15.8. The molecule has 19 heavy (non-hydrogen) atoms. The van der Waals surface area contributed by atoms with Crippen molar-refractivity contribution < 1.29 is 10.0 Å². The minimum absolute atomic E-state index is 0.00984. The van der Waals surface area contributed by atoms with Crippen molar-refractivity contribution in [1.82, 2.24) is 5.32 Å². The molecular weight excluding hydrogens is 242 g/mol. The topological polar surface area (TPSA) is 87.7 Å². The molecular formula is C14H27N3O2. The number of nitrogens with one attached hydrogen (secondary N) is 1. The van der Waals surface area contributed by atoms with Crippen molar-refractivity contribution in [2.45, 2.75) is 70.8 Å². The van der Waals surface area contributed by atoms with E-state index in [-0.39, 0.29) is 17.8 Å². The molecule has 1 rings (SSSR count). The van der Waals surface area contributed by atoms with Crippen LogP contribution in [0.4, 0.5) is 0 Å². The molecule has 5 heteroatoms. The van der Waals surface area contributed by atoms with E-state index in [2.05, 4.69) is 10.5 Å². The molecule has 1 atom stereocenters. The van der Waals surface area contributed by atoms with Gasteiger partial charge in [-0.05, 0) is 18.8 Å². The van der Waals surface area contributed by atoms with Crippen molar-refractivity contribution in [1.29, 1.82) is 0 Å². The highest BCUT2D eigenvalue weighted by atomic mass is 16.4. The van der Waals surface area contributed by atoms with E-state index in [0.717, 1.165) is 12.8 Å². The molecule has 110 valence electrons. The van der Waals surface area contributed by atoms with E-state index < -0.39 is 0 Å². The second-order valence-electron chi connectivity index (χ2n) is 5.48. The zero-order chi connectivity index (χ0) is 14.1. The number of carbonyl (C=O) groups is 1. The van der Waals surface area contributed by atoms with E-state index in [4.69, 9.17) is 10.9 Å². The molecule has 0 aromatic carbocycles. The van der Waals surface area contributed by atoms with Crippen molar-refractivity contribution in [2.24, 2.45) is 16.8 Å². The number of amides is 1. The number of rotatable bonds is 7. The zero-order valence-corrected chi connectivity index (χ0v) is 11.9. The van der Waals surface area contributed by atoms with Crippen LogP contribution in [-0.2, 0) is 4.79 Å². The highest BCUT2D eigenvalue weighted by Gasteiger charge is 2.18. The number of nitrogens with two attached hydrogens (primary N) is 1. The van der Waals surface area contributed by atoms with Crippen molar-refractivity contribution in [2.75, 3.05) is 0 Å². The van der Waals surface area contributed by atoms with Crippen LogP contribution in [0.5, 0.6) is 0 Å². The minimum atomic E-state index is -0.339. The summed E-state index contributed by atoms with van der Waals surface area (Å²) in [6, 6.07) is -0.339. The monoisotopic (exact) mass is 269 g/mol. The Morgan fingerprint density at radius 1 is 1.42 bits per heavy atom. The molecule has 1 fully saturated rings. The van der Waals surface area contributed by atoms with Crippen LogP contribution in [0.3, 0.4) is 0 Å². The Bertz CT molecular complexity index is 299. The fourth-order valence-corrected chi connectivity index (χ4v) is 2.73. The molecule has 0 bridgehead atoms. The first-order chi connectivity index (χ1) is 9.17. The summed E-state index contributed by atoms with van der Waals surface area (Å²) in [6.07, 6.45) is 9.53. The first-order valence-corrected chi connectivity index (χ1v) is 7.44. The lowest BCUT2D eigenvalue weighted by Gasteiger charge is -2.22. The smallest absolute Gasteiger partial charge is 0.220 e. The van der Waals surface area contributed by atoms with Gasteiger partial charge in [0, 0.05) is 6.42 Å². The summed E-state index contributed by atoms with van der Waals surface area (Å²) < 4.78 is 0. The number of carbonyl (C=O) groups excluding carboxylic acids is 1. The Morgan fingerprint density at radius 3 is 2.68 bits per heavy atom. The van der Waals surface area contributed by atoms with Crippen LogP contribution in [0.25, 0.3) is 0 Å². The standard InChI is InChI=1S/C14H27N3O2/c1-2-6-12(14(15)17-19)16-13(18)10-9-11-7-4-3-5-8-11/h11-12,19H,2-10H2,1H3,(H2,15,17)(H,16,18). The fraction of sp³-hybridized carbons (Fsp3) is 0.857. The van der Waals surface area contributed by atoms with Crippen LogP contribution in [0.15, 0.2) is 5.16 Å². The average Bonchev–Trinajstić information content (AvgIpc) is 2.45. The number of hydrogen-bond acceptors (Lipinski definition) is 3. The third-order valence-corrected chi connectivity index (χ3v) is 3.89. The number of nitrogens with zero attached hydrogens (tertiary/aromatic N) is 1. The second-order valence-corrected chi connectivity index (χ2v) is 5.48. The molecule has 0 radical (unpaired) electrons. The highest BCUT2D eigenvalue weighted by Crippen LogP contribution is 2.27. The van der Waals surface area contributed by atoms with Crippen molar-refractivity contribution in [3.63, 3.8) is 0 Å². The normalized spacial score (nSPS) is 19.1. The van der Waals surface area contributed by atoms with Crippen LogP contribution >= 0.6 is 0 Å². The first-order valence-electron chi connectivity index (χ1n) is 7.44. The van der Waals surface area contributed by atoms with Crippen molar-refractivity contribution in [3.05, 3.63) is 0 Å². The number of hydrogen-bond donors (Lipinski definition) is 3. The molecule has 1 amide bonds. The van der Waals surface area contributed by atoms with E-state index in [9.17, 15) is 4.79 Å². The van der Waals surface area contributed by atoms with E-state index in [0.29, 0.717) is 18.8 Å². The van der Waals surface area contributed by atoms with Gasteiger partial charge in [0.2, 0.25) is 5.91 Å². The molecule has 0 saturated heterocycles. The lowest BCUT2D eigenvalue weighted by molar-refractivity contribution is -0.121. The SMILES string of the molecule is CCCC(NC(=O)CCC1CCCCC1)/C(N)=N/O. The predicted molar refractivity (Wildman–Crippen MR) is 76.1 cm³/mol. The molecule has 0 spiro atoms. The number of amidine groups is 1. The summed E-state index contributed by atoms with van der Waals surface area (Å²) in [5, 5.41) is 14.5. The average molecular weight is 269 g/mol. The summed E-state index contributed by atoms with van der Waals surface area (Å²) in [4.78, 5) is 11.9. The third kappa shape index (κ3) is 5.94. The summed E-state index contributed by atoms with van der Waals surface area (Å²) in [5.41, 5.74) is 5.58. The van der Waals surface area contributed by atoms with Gasteiger partial charge in [-0.3, -0.25) is 4.79 Å². The Labute approximate surface area is 115 Å². The van der Waals surface area contributed by atoms with Crippen LogP contribution in [0, 0.1) is 5.92 Å². The maximum absolute atomic E-state index is 11.9. The molecule has 1 saturated carbocycles. The lowest BCUT2D eigenvalue weighted by Crippen LogP contribution is -2.44. The largest absolute Gasteiger partial charge is 0.409 e. The van der Waals surface area contributed by atoms with Gasteiger partial charge in [-0.1, -0.05) is 50.6 Å². The molecule has 1 aliphatic rings. The third-order valence-electron chi connectivity index (χ3n) is 3.89. The van der Waals surface area contributed by atoms with E-state index in [1.165, 1.54) is 32.1 Å². The Balaban J connectivity index is 2.31. The van der Waals surface area contributed by atoms with Crippen molar-refractivity contribution >= 4 is 11.7 Å². The molecule has 4 N–H and O–H groups in total. The van der Waals surface area contributed by atoms with Gasteiger partial charge >= 0.3 is 0 Å². The maximum atomic E-state index is 11.9. The van der Waals surface area contributed by atoms with Gasteiger partial charge < -0.3 is 16.3 Å². The van der Waals surface area contributed by atoms with Crippen LogP contribution < -0.4 is 11.1 Å². The quantitative estimate of drug-likeness (QED) is 0.287. The zero-order valence-electron chi connectivity index (χ0n) is 11.9. The van der Waals surface area contributed by atoms with Gasteiger partial charge in [0.25, 0.3) is 0 Å². The number of oxime groups is 1. The molecule has 5 nitrogen and oxygen atoms in total. The summed E-state index contributed by atoms with van der Waals surface area (Å²) in [6.45, 7) is 2.01. The molecule has 0 aliphatic heterocycles. The maximum Gasteiger partial charge on any atom is 0.220 e. The molecule has 0 aromatic heterocycles. The highest BCUT2D eigenvalue weighted by molar-refractivity contribution is 5.89. The minimum Gasteiger partial charge on any atom is -0.409 e. The van der Waals surface area contributed by atoms with Crippen LogP contribution in [-0.4, -0.2) is 23.0 Å². The molecule has 0 aromatic rings. The molecule has 1 unspecified atom stereocenters. The van der Waals surface area contributed by atoms with E-state index >= 15 is 0 Å². The van der Waals surface area contributed by atoms with Gasteiger partial charge in [0.05, 0.1) is 6.04 Å². The Morgan fingerprint density at radius 2 is 2.11 bits per heavy atom. The van der Waals surface area contributed by atoms with Gasteiger partial charge in [0.1, 0.15) is 0 Å². The van der Waals surface area contributed by atoms with E-state index in [1.807, 2.05) is 6.92 Å². The van der Waals surface area contributed by atoms with Crippen molar-refractivity contribution in [3.8, 4) is 0 Å². The van der Waals surface area contributed by atoms with Crippen LogP contribution in [0.1, 0.15) is 64.7 Å². The predicted octanol–water partition coefficient (Wildman–Crippen LogP) is 2.38. The Kier molecular flexibility index (Phi) is 7.30. The summed E-state index contributed by atoms with van der Waals surface area (Å²) >= 11 is 0. The lowest BCUT2D eigenvalue weighted by atomic mass is 9.86. The van der Waals surface area contributed by atoms with Gasteiger partial charge in [-0.15, -0.1) is 0 Å². The molecule has 0 heterocycles. The summed E-state index contributed by atoms with van der Waals surface area (Å²) in [7, 11) is 0. The van der Waals surface area contributed by atoms with Gasteiger partial charge in [-0.2, -0.15) is 0 Å². The van der Waals surface area contributed by atoms with Crippen LogP contribution in [0.2, 0.25) is 0 Å². The Hall–Kier alpha value is -1.26. The second kappa shape index (κ2) is 8.77. The van der Waals surface area contributed by atoms with Gasteiger partial charge in [0.15, 0.2) is 5.84 Å². The van der Waals surface area contributed by atoms with E-state index in [1.54, 1.807) is 0 Å². The fourth-order valence-electron chi connectivity index (χ4n) is 2.73. The van der Waals surface area contributed by atoms with Gasteiger partial charge in [-0.25, -0.2) is 0 Å². The summed E-state index contributed by atoms with van der Waals surface area (Å²) in [5.74, 6) is 0.802. The molecule has 1 aliphatic carbocycles.